The molecule has 0 aliphatic heterocycles. The number of amides is 1. The van der Waals surface area contributed by atoms with Crippen molar-refractivity contribution in [1.82, 2.24) is 5.32 Å². The van der Waals surface area contributed by atoms with E-state index in [9.17, 15) is 4.79 Å². The minimum Gasteiger partial charge on any atom is -0.399 e. The van der Waals surface area contributed by atoms with Crippen molar-refractivity contribution in [2.24, 2.45) is 0 Å². The van der Waals surface area contributed by atoms with Gasteiger partial charge in [0, 0.05) is 19.2 Å². The first kappa shape index (κ1) is 15.5. The van der Waals surface area contributed by atoms with Crippen molar-refractivity contribution < 1.29 is 9.53 Å². The fourth-order valence-electron chi connectivity index (χ4n) is 2.06. The fraction of sp³-hybridized carbons (Fsp3) is 0.533. The summed E-state index contributed by atoms with van der Waals surface area (Å²) < 4.78 is 5.10. The summed E-state index contributed by atoms with van der Waals surface area (Å²) >= 11 is 0. The zero-order chi connectivity index (χ0) is 14.1. The molecule has 0 saturated heterocycles. The average molecular weight is 264 g/mol. The third-order valence-corrected chi connectivity index (χ3v) is 3.05. The lowest BCUT2D eigenvalue weighted by molar-refractivity contribution is -0.122. The average Bonchev–Trinajstić information content (AvgIpc) is 2.38. The van der Waals surface area contributed by atoms with Gasteiger partial charge in [0.1, 0.15) is 0 Å². The van der Waals surface area contributed by atoms with Crippen LogP contribution in [0.2, 0.25) is 0 Å². The van der Waals surface area contributed by atoms with Crippen molar-refractivity contribution in [1.29, 1.82) is 0 Å². The molecule has 0 aromatic heterocycles. The van der Waals surface area contributed by atoms with Crippen LogP contribution in [0.15, 0.2) is 24.3 Å². The molecule has 106 valence electrons. The Morgan fingerprint density at radius 3 is 2.79 bits per heavy atom. The van der Waals surface area contributed by atoms with Crippen molar-refractivity contribution in [2.45, 2.75) is 38.6 Å². The Balaban J connectivity index is 2.40. The summed E-state index contributed by atoms with van der Waals surface area (Å²) in [5.41, 5.74) is 7.62. The van der Waals surface area contributed by atoms with E-state index < -0.39 is 0 Å². The largest absolute Gasteiger partial charge is 0.399 e. The highest BCUT2D eigenvalue weighted by Crippen LogP contribution is 2.12. The number of aryl methyl sites for hydroxylation is 1. The molecule has 1 amide bonds. The van der Waals surface area contributed by atoms with Crippen LogP contribution in [0.3, 0.4) is 0 Å². The Kier molecular flexibility index (Phi) is 6.97. The predicted octanol–water partition coefficient (Wildman–Crippen LogP) is 2.13. The van der Waals surface area contributed by atoms with Gasteiger partial charge in [-0.2, -0.15) is 0 Å². The van der Waals surface area contributed by atoms with E-state index in [2.05, 4.69) is 12.2 Å². The van der Waals surface area contributed by atoms with Crippen LogP contribution in [-0.4, -0.2) is 25.7 Å². The van der Waals surface area contributed by atoms with E-state index in [0.29, 0.717) is 19.4 Å². The van der Waals surface area contributed by atoms with Crippen LogP contribution in [0.1, 0.15) is 31.7 Å². The van der Waals surface area contributed by atoms with E-state index in [4.69, 9.17) is 10.5 Å². The number of rotatable bonds is 8. The van der Waals surface area contributed by atoms with E-state index in [1.807, 2.05) is 24.3 Å². The Morgan fingerprint density at radius 1 is 1.42 bits per heavy atom. The zero-order valence-electron chi connectivity index (χ0n) is 11.8. The lowest BCUT2D eigenvalue weighted by Crippen LogP contribution is -2.38. The van der Waals surface area contributed by atoms with Gasteiger partial charge < -0.3 is 15.8 Å². The molecule has 1 atom stereocenters. The van der Waals surface area contributed by atoms with Gasteiger partial charge in [0.15, 0.2) is 0 Å². The molecule has 4 nitrogen and oxygen atoms in total. The third kappa shape index (κ3) is 5.75. The second kappa shape index (κ2) is 8.53. The lowest BCUT2D eigenvalue weighted by atomic mass is 10.1. The van der Waals surface area contributed by atoms with Gasteiger partial charge in [0.25, 0.3) is 0 Å². The van der Waals surface area contributed by atoms with Crippen LogP contribution < -0.4 is 11.1 Å². The molecule has 4 heteroatoms. The normalized spacial score (nSPS) is 12.1. The standard InChI is InChI=1S/C15H24N2O2/c1-3-6-13(11-19-2)17-15(18)10-9-12-7-4-5-8-14(12)16/h4-5,7-8,13H,3,6,9-11,16H2,1-2H3,(H,17,18). The van der Waals surface area contributed by atoms with Crippen LogP contribution in [0, 0.1) is 0 Å². The molecule has 1 aromatic carbocycles. The molecule has 3 N–H and O–H groups in total. The van der Waals surface area contributed by atoms with Gasteiger partial charge in [-0.3, -0.25) is 4.79 Å². The molecule has 0 fully saturated rings. The number of hydrogen-bond donors (Lipinski definition) is 2. The van der Waals surface area contributed by atoms with E-state index in [0.717, 1.165) is 24.1 Å². The fourth-order valence-corrected chi connectivity index (χ4v) is 2.06. The quantitative estimate of drug-likeness (QED) is 0.707. The molecule has 1 rings (SSSR count). The number of nitrogens with one attached hydrogen (secondary N) is 1. The van der Waals surface area contributed by atoms with Crippen molar-refractivity contribution in [2.75, 3.05) is 19.5 Å². The van der Waals surface area contributed by atoms with Crippen LogP contribution in [0.25, 0.3) is 0 Å². The van der Waals surface area contributed by atoms with Crippen LogP contribution >= 0.6 is 0 Å². The molecular formula is C15H24N2O2. The van der Waals surface area contributed by atoms with Crippen LogP contribution in [-0.2, 0) is 16.0 Å². The molecule has 0 bridgehead atoms. The molecular weight excluding hydrogens is 240 g/mol. The Labute approximate surface area is 115 Å². The number of ether oxygens (including phenoxy) is 1. The highest BCUT2D eigenvalue weighted by atomic mass is 16.5. The molecule has 0 radical (unpaired) electrons. The van der Waals surface area contributed by atoms with E-state index in [1.54, 1.807) is 7.11 Å². The first-order chi connectivity index (χ1) is 9.17. The van der Waals surface area contributed by atoms with E-state index in [-0.39, 0.29) is 11.9 Å². The molecule has 0 heterocycles. The highest BCUT2D eigenvalue weighted by Gasteiger charge is 2.11. The molecule has 0 saturated carbocycles. The summed E-state index contributed by atoms with van der Waals surface area (Å²) in [6, 6.07) is 7.76. The van der Waals surface area contributed by atoms with Crippen molar-refractivity contribution in [3.8, 4) is 0 Å². The smallest absolute Gasteiger partial charge is 0.220 e. The van der Waals surface area contributed by atoms with Crippen LogP contribution in [0.5, 0.6) is 0 Å². The molecule has 0 aliphatic rings. The first-order valence-corrected chi connectivity index (χ1v) is 6.79. The Hall–Kier alpha value is -1.55. The van der Waals surface area contributed by atoms with Crippen molar-refractivity contribution in [3.05, 3.63) is 29.8 Å². The summed E-state index contributed by atoms with van der Waals surface area (Å²) in [6.45, 7) is 2.66. The Morgan fingerprint density at radius 2 is 2.16 bits per heavy atom. The SMILES string of the molecule is CCCC(COC)NC(=O)CCc1ccccc1N. The summed E-state index contributed by atoms with van der Waals surface area (Å²) in [7, 11) is 1.65. The number of anilines is 1. The molecule has 1 unspecified atom stereocenters. The van der Waals surface area contributed by atoms with E-state index in [1.165, 1.54) is 0 Å². The molecule has 0 aliphatic carbocycles. The van der Waals surface area contributed by atoms with Crippen molar-refractivity contribution >= 4 is 11.6 Å². The summed E-state index contributed by atoms with van der Waals surface area (Å²) in [6.07, 6.45) is 3.09. The maximum absolute atomic E-state index is 11.9. The second-order valence-corrected chi connectivity index (χ2v) is 4.71. The van der Waals surface area contributed by atoms with Gasteiger partial charge in [-0.05, 0) is 24.5 Å². The van der Waals surface area contributed by atoms with E-state index >= 15 is 0 Å². The lowest BCUT2D eigenvalue weighted by Gasteiger charge is -2.17. The summed E-state index contributed by atoms with van der Waals surface area (Å²) in [5.74, 6) is 0.0544. The monoisotopic (exact) mass is 264 g/mol. The summed E-state index contributed by atoms with van der Waals surface area (Å²) in [4.78, 5) is 11.9. The first-order valence-electron chi connectivity index (χ1n) is 6.79. The number of nitrogens with two attached hydrogens (primary N) is 1. The minimum atomic E-state index is 0.0544. The van der Waals surface area contributed by atoms with Crippen molar-refractivity contribution in [3.63, 3.8) is 0 Å². The van der Waals surface area contributed by atoms with Gasteiger partial charge in [0.2, 0.25) is 5.91 Å². The predicted molar refractivity (Wildman–Crippen MR) is 77.9 cm³/mol. The maximum Gasteiger partial charge on any atom is 0.220 e. The summed E-state index contributed by atoms with van der Waals surface area (Å²) in [5, 5.41) is 3.00. The highest BCUT2D eigenvalue weighted by molar-refractivity contribution is 5.76. The molecule has 19 heavy (non-hydrogen) atoms. The topological polar surface area (TPSA) is 64.3 Å². The minimum absolute atomic E-state index is 0.0544. The number of methoxy groups -OCH3 is 1. The molecule has 0 spiro atoms. The van der Waals surface area contributed by atoms with Gasteiger partial charge >= 0.3 is 0 Å². The zero-order valence-corrected chi connectivity index (χ0v) is 11.8. The van der Waals surface area contributed by atoms with Gasteiger partial charge in [-0.15, -0.1) is 0 Å². The second-order valence-electron chi connectivity index (χ2n) is 4.71. The number of carbonyl (C=O) groups excluding carboxylic acids is 1. The Bertz CT molecular complexity index is 387. The third-order valence-electron chi connectivity index (χ3n) is 3.05. The van der Waals surface area contributed by atoms with Crippen LogP contribution in [0.4, 0.5) is 5.69 Å². The number of para-hydroxylation sites is 1. The number of nitrogen functional groups attached to an aromatic ring is 1. The van der Waals surface area contributed by atoms with Gasteiger partial charge in [0.05, 0.1) is 12.6 Å². The number of carbonyl (C=O) groups is 1. The number of hydrogen-bond acceptors (Lipinski definition) is 3. The van der Waals surface area contributed by atoms with Gasteiger partial charge in [-0.25, -0.2) is 0 Å². The number of benzene rings is 1. The maximum atomic E-state index is 11.9. The van der Waals surface area contributed by atoms with Gasteiger partial charge in [-0.1, -0.05) is 31.5 Å². The molecule has 1 aromatic rings.